The Morgan fingerprint density at radius 3 is 2.10 bits per heavy atom. The summed E-state index contributed by atoms with van der Waals surface area (Å²) >= 11 is 4.26. The minimum Gasteiger partial charge on any atom is -0.303 e. The summed E-state index contributed by atoms with van der Waals surface area (Å²) in [7, 11) is 0. The van der Waals surface area contributed by atoms with Gasteiger partial charge in [0, 0.05) is 11.4 Å². The van der Waals surface area contributed by atoms with Crippen molar-refractivity contribution in [1.82, 2.24) is 5.32 Å². The molecule has 3 atom stereocenters. The van der Waals surface area contributed by atoms with Gasteiger partial charge in [0.15, 0.2) is 0 Å². The van der Waals surface area contributed by atoms with Crippen molar-refractivity contribution in [2.24, 2.45) is 5.92 Å². The zero-order valence-electron chi connectivity index (χ0n) is 7.39. The van der Waals surface area contributed by atoms with Gasteiger partial charge in [0.1, 0.15) is 0 Å². The summed E-state index contributed by atoms with van der Waals surface area (Å²) in [5.41, 5.74) is 0. The van der Waals surface area contributed by atoms with Crippen LogP contribution in [0.5, 0.6) is 0 Å². The Labute approximate surface area is 70.0 Å². The van der Waals surface area contributed by atoms with E-state index in [9.17, 15) is 0 Å². The van der Waals surface area contributed by atoms with E-state index in [0.717, 1.165) is 5.92 Å². The van der Waals surface area contributed by atoms with Crippen molar-refractivity contribution in [2.75, 3.05) is 0 Å². The Morgan fingerprint density at radius 1 is 1.30 bits per heavy atom. The first-order chi connectivity index (χ1) is 4.57. The molecule has 0 aliphatic rings. The van der Waals surface area contributed by atoms with Crippen molar-refractivity contribution in [3.8, 4) is 0 Å². The van der Waals surface area contributed by atoms with E-state index in [4.69, 9.17) is 0 Å². The summed E-state index contributed by atoms with van der Waals surface area (Å²) in [4.78, 5) is 0. The summed E-state index contributed by atoms with van der Waals surface area (Å²) in [6.07, 6.45) is 1.23. The number of thiol groups is 1. The Morgan fingerprint density at radius 2 is 1.80 bits per heavy atom. The minimum atomic E-state index is 0.309. The van der Waals surface area contributed by atoms with Crippen molar-refractivity contribution < 1.29 is 0 Å². The molecule has 0 rings (SSSR count). The molecule has 0 saturated carbocycles. The fourth-order valence-corrected chi connectivity index (χ4v) is 1.13. The van der Waals surface area contributed by atoms with Crippen LogP contribution in [-0.2, 0) is 0 Å². The molecule has 3 unspecified atom stereocenters. The molecule has 0 aromatic carbocycles. The van der Waals surface area contributed by atoms with Crippen LogP contribution in [0.2, 0.25) is 0 Å². The number of hydrogen-bond donors (Lipinski definition) is 2. The highest BCUT2D eigenvalue weighted by Gasteiger charge is 2.09. The van der Waals surface area contributed by atoms with E-state index < -0.39 is 0 Å². The fraction of sp³-hybridized carbons (Fsp3) is 1.00. The molecule has 10 heavy (non-hydrogen) atoms. The maximum Gasteiger partial charge on any atom is 0.0475 e. The molecule has 1 nitrogen and oxygen atoms in total. The molecule has 0 amide bonds. The molecule has 62 valence electrons. The summed E-state index contributed by atoms with van der Waals surface area (Å²) < 4.78 is 0. The normalized spacial score (nSPS) is 20.1. The van der Waals surface area contributed by atoms with E-state index >= 15 is 0 Å². The third-order valence-corrected chi connectivity index (χ3v) is 2.15. The van der Waals surface area contributed by atoms with Gasteiger partial charge in [-0.3, -0.25) is 0 Å². The van der Waals surface area contributed by atoms with Gasteiger partial charge in [0.05, 0.1) is 0 Å². The molecular weight excluding hydrogens is 142 g/mol. The van der Waals surface area contributed by atoms with Crippen molar-refractivity contribution in [1.29, 1.82) is 0 Å². The zero-order valence-corrected chi connectivity index (χ0v) is 8.28. The van der Waals surface area contributed by atoms with Crippen LogP contribution in [0.25, 0.3) is 0 Å². The van der Waals surface area contributed by atoms with Crippen LogP contribution in [0.1, 0.15) is 34.1 Å². The molecule has 0 radical (unpaired) electrons. The van der Waals surface area contributed by atoms with Crippen LogP contribution in [-0.4, -0.2) is 11.4 Å². The second kappa shape index (κ2) is 5.03. The molecule has 1 N–H and O–H groups in total. The van der Waals surface area contributed by atoms with E-state index in [-0.39, 0.29) is 0 Å². The predicted molar refractivity (Wildman–Crippen MR) is 50.5 cm³/mol. The predicted octanol–water partition coefficient (Wildman–Crippen LogP) is 2.29. The first-order valence-corrected chi connectivity index (χ1v) is 4.53. The van der Waals surface area contributed by atoms with Crippen LogP contribution in [0, 0.1) is 5.92 Å². The van der Waals surface area contributed by atoms with E-state index in [1.807, 2.05) is 0 Å². The van der Waals surface area contributed by atoms with Crippen molar-refractivity contribution in [3.05, 3.63) is 0 Å². The molecule has 0 aromatic rings. The Kier molecular flexibility index (Phi) is 5.18. The summed E-state index contributed by atoms with van der Waals surface area (Å²) in [5.74, 6) is 0.745. The second-order valence-electron chi connectivity index (χ2n) is 3.02. The highest BCUT2D eigenvalue weighted by atomic mass is 32.1. The molecule has 0 aromatic heterocycles. The maximum absolute atomic E-state index is 4.26. The monoisotopic (exact) mass is 161 g/mol. The standard InChI is InChI=1S/C8H19NS/c1-5-6(2)7(3)9-8(4)10/h6-10H,5H2,1-4H3. The Balaban J connectivity index is 3.50. The van der Waals surface area contributed by atoms with Crippen molar-refractivity contribution in [2.45, 2.75) is 45.5 Å². The molecule has 0 spiro atoms. The molecule has 0 bridgehead atoms. The van der Waals surface area contributed by atoms with Crippen LogP contribution < -0.4 is 5.32 Å². The molecule has 0 aliphatic heterocycles. The van der Waals surface area contributed by atoms with E-state index in [2.05, 4.69) is 45.6 Å². The van der Waals surface area contributed by atoms with Gasteiger partial charge in [0.25, 0.3) is 0 Å². The summed E-state index contributed by atoms with van der Waals surface area (Å²) in [6, 6.07) is 0.581. The molecular formula is C8H19NS. The lowest BCUT2D eigenvalue weighted by molar-refractivity contribution is 0.390. The average molecular weight is 161 g/mol. The summed E-state index contributed by atoms with van der Waals surface area (Å²) in [5, 5.41) is 3.67. The first-order valence-electron chi connectivity index (χ1n) is 4.02. The lowest BCUT2D eigenvalue weighted by Crippen LogP contribution is -2.35. The first kappa shape index (κ1) is 10.3. The van der Waals surface area contributed by atoms with Gasteiger partial charge in [-0.25, -0.2) is 0 Å². The number of rotatable bonds is 4. The Hall–Kier alpha value is 0.310. The zero-order chi connectivity index (χ0) is 8.15. The van der Waals surface area contributed by atoms with Gasteiger partial charge in [-0.15, -0.1) is 0 Å². The molecule has 0 fully saturated rings. The van der Waals surface area contributed by atoms with E-state index in [1.54, 1.807) is 0 Å². The molecule has 0 heterocycles. The Bertz CT molecular complexity index is 83.3. The largest absolute Gasteiger partial charge is 0.303 e. The third kappa shape index (κ3) is 4.18. The molecule has 2 heteroatoms. The molecule has 0 saturated heterocycles. The highest BCUT2D eigenvalue weighted by Crippen LogP contribution is 2.07. The second-order valence-corrected chi connectivity index (χ2v) is 3.79. The topological polar surface area (TPSA) is 12.0 Å². The van der Waals surface area contributed by atoms with Crippen LogP contribution in [0.15, 0.2) is 0 Å². The van der Waals surface area contributed by atoms with E-state index in [0.29, 0.717) is 11.4 Å². The van der Waals surface area contributed by atoms with Gasteiger partial charge in [0.2, 0.25) is 0 Å². The SMILES string of the molecule is CCC(C)C(C)NC(C)S. The lowest BCUT2D eigenvalue weighted by Gasteiger charge is -2.21. The van der Waals surface area contributed by atoms with Crippen LogP contribution in [0.4, 0.5) is 0 Å². The van der Waals surface area contributed by atoms with Crippen LogP contribution in [0.3, 0.4) is 0 Å². The maximum atomic E-state index is 4.26. The quantitative estimate of drug-likeness (QED) is 0.476. The van der Waals surface area contributed by atoms with E-state index in [1.165, 1.54) is 6.42 Å². The smallest absolute Gasteiger partial charge is 0.0475 e. The average Bonchev–Trinajstić information content (AvgIpc) is 1.85. The van der Waals surface area contributed by atoms with Gasteiger partial charge < -0.3 is 5.32 Å². The number of hydrogen-bond acceptors (Lipinski definition) is 2. The van der Waals surface area contributed by atoms with Gasteiger partial charge in [-0.1, -0.05) is 20.3 Å². The summed E-state index contributed by atoms with van der Waals surface area (Å²) in [6.45, 7) is 8.74. The molecule has 0 aliphatic carbocycles. The van der Waals surface area contributed by atoms with Crippen molar-refractivity contribution >= 4 is 12.6 Å². The van der Waals surface area contributed by atoms with Crippen LogP contribution >= 0.6 is 12.6 Å². The fourth-order valence-electron chi connectivity index (χ4n) is 0.898. The van der Waals surface area contributed by atoms with Crippen molar-refractivity contribution in [3.63, 3.8) is 0 Å². The third-order valence-electron chi connectivity index (χ3n) is 2.00. The van der Waals surface area contributed by atoms with Gasteiger partial charge >= 0.3 is 0 Å². The van der Waals surface area contributed by atoms with Gasteiger partial charge in [-0.05, 0) is 19.8 Å². The number of nitrogens with one attached hydrogen (secondary N) is 1. The minimum absolute atomic E-state index is 0.309. The highest BCUT2D eigenvalue weighted by molar-refractivity contribution is 7.80. The van der Waals surface area contributed by atoms with Gasteiger partial charge in [-0.2, -0.15) is 12.6 Å². The lowest BCUT2D eigenvalue weighted by atomic mass is 10.0.